The van der Waals surface area contributed by atoms with Crippen molar-refractivity contribution in [2.75, 3.05) is 5.43 Å². The highest BCUT2D eigenvalue weighted by molar-refractivity contribution is 5.54. The monoisotopic (exact) mass is 312 g/mol. The molecule has 0 saturated carbocycles. The molecular weight excluding hydrogens is 307 g/mol. The number of alkyl halides is 9. The Kier molecular flexibility index (Phi) is 4.13. The molecule has 0 heterocycles. The minimum Gasteiger partial charge on any atom is -0.314 e. The van der Waals surface area contributed by atoms with Gasteiger partial charge in [-0.25, -0.2) is 0 Å². The summed E-state index contributed by atoms with van der Waals surface area (Å²) >= 11 is 0. The second-order valence-electron chi connectivity index (χ2n) is 3.50. The largest absolute Gasteiger partial charge is 0.474 e. The zero-order valence-electron chi connectivity index (χ0n) is 9.13. The topological polar surface area (TPSA) is 24.1 Å². The van der Waals surface area contributed by atoms with Crippen molar-refractivity contribution in [3.8, 4) is 0 Å². The molecule has 0 fully saturated rings. The van der Waals surface area contributed by atoms with E-state index in [-0.39, 0.29) is 18.2 Å². The van der Waals surface area contributed by atoms with Crippen LogP contribution in [0.5, 0.6) is 0 Å². The van der Waals surface area contributed by atoms with Crippen LogP contribution in [0.1, 0.15) is 11.1 Å². The highest BCUT2D eigenvalue weighted by Gasteiger charge is 2.39. The maximum Gasteiger partial charge on any atom is 0.474 e. The van der Waals surface area contributed by atoms with E-state index in [4.69, 9.17) is 0 Å². The molecule has 0 bridgehead atoms. The minimum absolute atomic E-state index is 0.232. The number of benzene rings is 1. The van der Waals surface area contributed by atoms with Gasteiger partial charge in [-0.05, 0) is 18.2 Å². The highest BCUT2D eigenvalue weighted by atomic mass is 19.4. The Balaban J connectivity index is 3.18. The Labute approximate surface area is 105 Å². The third kappa shape index (κ3) is 4.47. The molecule has 0 aromatic heterocycles. The normalized spacial score (nSPS) is 13.4. The number of hydrazine groups is 1. The fraction of sp³-hybridized carbons (Fsp3) is 0.333. The Bertz CT molecular complexity index is 472. The van der Waals surface area contributed by atoms with E-state index >= 15 is 0 Å². The van der Waals surface area contributed by atoms with Gasteiger partial charge in [0.05, 0.1) is 16.8 Å². The van der Waals surface area contributed by atoms with Crippen LogP contribution >= 0.6 is 0 Å². The SMILES string of the molecule is FC(F)(F)NNc1ccc(C(F)(F)F)cc1C(F)(F)F. The van der Waals surface area contributed by atoms with E-state index in [2.05, 4.69) is 0 Å². The van der Waals surface area contributed by atoms with Gasteiger partial charge in [-0.2, -0.15) is 39.5 Å². The van der Waals surface area contributed by atoms with Crippen LogP contribution in [0.15, 0.2) is 18.2 Å². The third-order valence-corrected chi connectivity index (χ3v) is 1.99. The lowest BCUT2D eigenvalue weighted by molar-refractivity contribution is -0.153. The van der Waals surface area contributed by atoms with E-state index in [0.717, 1.165) is 0 Å². The van der Waals surface area contributed by atoms with Crippen LogP contribution in [0, 0.1) is 0 Å². The maximum absolute atomic E-state index is 12.5. The van der Waals surface area contributed by atoms with E-state index in [9.17, 15) is 39.5 Å². The molecule has 0 spiro atoms. The van der Waals surface area contributed by atoms with Gasteiger partial charge < -0.3 is 5.43 Å². The van der Waals surface area contributed by atoms with Crippen LogP contribution < -0.4 is 10.9 Å². The lowest BCUT2D eigenvalue weighted by Gasteiger charge is -2.18. The predicted molar refractivity (Wildman–Crippen MR) is 49.3 cm³/mol. The number of nitrogens with one attached hydrogen (secondary N) is 2. The number of anilines is 1. The molecule has 2 nitrogen and oxygen atoms in total. The summed E-state index contributed by atoms with van der Waals surface area (Å²) < 4.78 is 110. The summed E-state index contributed by atoms with van der Waals surface area (Å²) in [6, 6.07) is 0.209. The molecule has 114 valence electrons. The second kappa shape index (κ2) is 5.04. The van der Waals surface area contributed by atoms with E-state index in [1.54, 1.807) is 0 Å². The maximum atomic E-state index is 12.5. The summed E-state index contributed by atoms with van der Waals surface area (Å²) in [6.07, 6.45) is -15.3. The standard InChI is InChI=1S/C9H5F9N2/c10-7(11,12)4-1-2-6(19-20-9(16,17)18)5(3-4)8(13,14)15/h1-3,19-20H. The summed E-state index contributed by atoms with van der Waals surface area (Å²) in [5.74, 6) is 0. The van der Waals surface area contributed by atoms with Gasteiger partial charge in [-0.15, -0.1) is 5.43 Å². The van der Waals surface area contributed by atoms with Gasteiger partial charge in [-0.3, -0.25) is 0 Å². The Hall–Kier alpha value is -1.65. The second-order valence-corrected chi connectivity index (χ2v) is 3.50. The van der Waals surface area contributed by atoms with Crippen LogP contribution in [0.2, 0.25) is 0 Å². The van der Waals surface area contributed by atoms with E-state index < -0.39 is 35.5 Å². The fourth-order valence-corrected chi connectivity index (χ4v) is 1.20. The molecule has 0 aliphatic carbocycles. The molecule has 0 unspecified atom stereocenters. The van der Waals surface area contributed by atoms with Gasteiger partial charge in [0.1, 0.15) is 0 Å². The summed E-state index contributed by atoms with van der Waals surface area (Å²) in [7, 11) is 0. The fourth-order valence-electron chi connectivity index (χ4n) is 1.20. The molecule has 2 N–H and O–H groups in total. The molecule has 1 aromatic rings. The lowest BCUT2D eigenvalue weighted by atomic mass is 10.1. The van der Waals surface area contributed by atoms with Gasteiger partial charge in [0, 0.05) is 0 Å². The zero-order chi connectivity index (χ0) is 15.8. The molecule has 0 aliphatic rings. The Morgan fingerprint density at radius 3 is 1.70 bits per heavy atom. The van der Waals surface area contributed by atoms with Crippen LogP contribution in [0.4, 0.5) is 45.2 Å². The number of hydrogen-bond acceptors (Lipinski definition) is 2. The van der Waals surface area contributed by atoms with Gasteiger partial charge in [-0.1, -0.05) is 0 Å². The van der Waals surface area contributed by atoms with Gasteiger partial charge in [0.15, 0.2) is 0 Å². The van der Waals surface area contributed by atoms with Crippen molar-refractivity contribution >= 4 is 5.69 Å². The van der Waals surface area contributed by atoms with Gasteiger partial charge >= 0.3 is 18.7 Å². The third-order valence-electron chi connectivity index (χ3n) is 1.99. The smallest absolute Gasteiger partial charge is 0.314 e. The molecule has 1 aromatic carbocycles. The summed E-state index contributed by atoms with van der Waals surface area (Å²) in [5.41, 5.74) is -2.92. The summed E-state index contributed by atoms with van der Waals surface area (Å²) in [5, 5.41) is 0. The molecule has 11 heteroatoms. The molecule has 0 amide bonds. The summed E-state index contributed by atoms with van der Waals surface area (Å²) in [4.78, 5) is 0. The van der Waals surface area contributed by atoms with Crippen LogP contribution in [0.3, 0.4) is 0 Å². The van der Waals surface area contributed by atoms with Crippen molar-refractivity contribution in [2.24, 2.45) is 0 Å². The van der Waals surface area contributed by atoms with E-state index in [1.807, 2.05) is 0 Å². The molecule has 0 radical (unpaired) electrons. The number of hydrogen-bond donors (Lipinski definition) is 2. The summed E-state index contributed by atoms with van der Waals surface area (Å²) in [6.45, 7) is 0. The first-order chi connectivity index (χ1) is 8.81. The lowest BCUT2D eigenvalue weighted by Crippen LogP contribution is -2.37. The number of halogens is 9. The molecule has 1 rings (SSSR count). The molecular formula is C9H5F9N2. The first-order valence-electron chi connectivity index (χ1n) is 4.69. The Morgan fingerprint density at radius 2 is 1.30 bits per heavy atom. The first-order valence-corrected chi connectivity index (χ1v) is 4.69. The number of rotatable bonds is 2. The first kappa shape index (κ1) is 16.4. The molecule has 0 aliphatic heterocycles. The zero-order valence-corrected chi connectivity index (χ0v) is 9.13. The highest BCUT2D eigenvalue weighted by Crippen LogP contribution is 2.39. The van der Waals surface area contributed by atoms with Crippen molar-refractivity contribution in [3.05, 3.63) is 29.3 Å². The molecule has 20 heavy (non-hydrogen) atoms. The molecule has 0 saturated heterocycles. The average molecular weight is 312 g/mol. The van der Waals surface area contributed by atoms with Gasteiger partial charge in [0.25, 0.3) is 0 Å². The van der Waals surface area contributed by atoms with E-state index in [1.165, 1.54) is 5.43 Å². The van der Waals surface area contributed by atoms with Crippen LogP contribution in [-0.2, 0) is 12.4 Å². The van der Waals surface area contributed by atoms with Crippen molar-refractivity contribution in [2.45, 2.75) is 18.7 Å². The quantitative estimate of drug-likeness (QED) is 0.487. The average Bonchev–Trinajstić information content (AvgIpc) is 2.22. The Morgan fingerprint density at radius 1 is 0.750 bits per heavy atom. The van der Waals surface area contributed by atoms with Crippen LogP contribution in [-0.4, -0.2) is 6.30 Å². The van der Waals surface area contributed by atoms with Crippen molar-refractivity contribution in [1.82, 2.24) is 5.43 Å². The molecule has 0 atom stereocenters. The predicted octanol–water partition coefficient (Wildman–Crippen LogP) is 4.16. The van der Waals surface area contributed by atoms with Crippen molar-refractivity contribution in [3.63, 3.8) is 0 Å². The van der Waals surface area contributed by atoms with Crippen molar-refractivity contribution < 1.29 is 39.5 Å². The van der Waals surface area contributed by atoms with E-state index in [0.29, 0.717) is 5.43 Å². The van der Waals surface area contributed by atoms with Crippen LogP contribution in [0.25, 0.3) is 0 Å². The van der Waals surface area contributed by atoms with Gasteiger partial charge in [0.2, 0.25) is 0 Å². The van der Waals surface area contributed by atoms with Crippen molar-refractivity contribution in [1.29, 1.82) is 0 Å². The minimum atomic E-state index is -5.25.